The molecule has 1 fully saturated rings. The van der Waals surface area contributed by atoms with Gasteiger partial charge in [-0.3, -0.25) is 4.90 Å². The summed E-state index contributed by atoms with van der Waals surface area (Å²) < 4.78 is 10.7. The Morgan fingerprint density at radius 2 is 1.74 bits per heavy atom. The van der Waals surface area contributed by atoms with Gasteiger partial charge in [-0.25, -0.2) is 4.79 Å². The second-order valence-corrected chi connectivity index (χ2v) is 5.65. The van der Waals surface area contributed by atoms with Crippen molar-refractivity contribution in [2.24, 2.45) is 0 Å². The van der Waals surface area contributed by atoms with Crippen molar-refractivity contribution in [2.45, 2.75) is 13.2 Å². The number of ether oxygens (including phenoxy) is 2. The Morgan fingerprint density at radius 3 is 2.52 bits per heavy atom. The van der Waals surface area contributed by atoms with Gasteiger partial charge in [-0.05, 0) is 23.3 Å². The molecule has 0 unspecified atom stereocenters. The van der Waals surface area contributed by atoms with Gasteiger partial charge in [0.2, 0.25) is 0 Å². The summed E-state index contributed by atoms with van der Waals surface area (Å²) in [7, 11) is 0. The minimum Gasteiger partial charge on any atom is -0.457 e. The van der Waals surface area contributed by atoms with Gasteiger partial charge in [-0.1, -0.05) is 42.5 Å². The normalized spacial score (nSPS) is 15.3. The van der Waals surface area contributed by atoms with Crippen molar-refractivity contribution in [1.29, 1.82) is 0 Å². The molecule has 0 radical (unpaired) electrons. The van der Waals surface area contributed by atoms with Crippen molar-refractivity contribution in [2.75, 3.05) is 26.3 Å². The SMILES string of the molecule is O=C(OCc1ccccc1)c1cccc(CN2CCOCC2)c1. The number of carbonyl (C=O) groups excluding carboxylic acids is 1. The van der Waals surface area contributed by atoms with E-state index >= 15 is 0 Å². The van der Waals surface area contributed by atoms with E-state index in [0.29, 0.717) is 12.2 Å². The molecule has 1 aliphatic rings. The van der Waals surface area contributed by atoms with E-state index in [1.54, 1.807) is 6.07 Å². The number of esters is 1. The average molecular weight is 311 g/mol. The number of morpholine rings is 1. The van der Waals surface area contributed by atoms with Crippen LogP contribution in [0.25, 0.3) is 0 Å². The van der Waals surface area contributed by atoms with Gasteiger partial charge in [0.15, 0.2) is 0 Å². The van der Waals surface area contributed by atoms with Crippen molar-refractivity contribution in [3.8, 4) is 0 Å². The standard InChI is InChI=1S/C19H21NO3/c21-19(23-15-16-5-2-1-3-6-16)18-8-4-7-17(13-18)14-20-9-11-22-12-10-20/h1-8,13H,9-12,14-15H2. The molecule has 4 nitrogen and oxygen atoms in total. The molecule has 120 valence electrons. The van der Waals surface area contributed by atoms with Crippen molar-refractivity contribution in [3.63, 3.8) is 0 Å². The molecule has 0 spiro atoms. The van der Waals surface area contributed by atoms with E-state index < -0.39 is 0 Å². The molecular formula is C19H21NO3. The third kappa shape index (κ3) is 4.65. The molecule has 0 atom stereocenters. The van der Waals surface area contributed by atoms with Crippen LogP contribution in [0.15, 0.2) is 54.6 Å². The summed E-state index contributed by atoms with van der Waals surface area (Å²) in [6.45, 7) is 4.56. The highest BCUT2D eigenvalue weighted by atomic mass is 16.5. The van der Waals surface area contributed by atoms with Crippen molar-refractivity contribution in [3.05, 3.63) is 71.3 Å². The highest BCUT2D eigenvalue weighted by Crippen LogP contribution is 2.12. The molecule has 2 aromatic rings. The second kappa shape index (κ2) is 7.90. The van der Waals surface area contributed by atoms with E-state index in [9.17, 15) is 4.79 Å². The minimum atomic E-state index is -0.280. The van der Waals surface area contributed by atoms with E-state index in [-0.39, 0.29) is 5.97 Å². The highest BCUT2D eigenvalue weighted by Gasteiger charge is 2.12. The summed E-state index contributed by atoms with van der Waals surface area (Å²) >= 11 is 0. The van der Waals surface area contributed by atoms with Crippen LogP contribution in [0, 0.1) is 0 Å². The Balaban J connectivity index is 1.58. The zero-order valence-corrected chi connectivity index (χ0v) is 13.1. The second-order valence-electron chi connectivity index (χ2n) is 5.65. The number of rotatable bonds is 5. The smallest absolute Gasteiger partial charge is 0.338 e. The Bertz CT molecular complexity index is 636. The molecule has 23 heavy (non-hydrogen) atoms. The lowest BCUT2D eigenvalue weighted by Gasteiger charge is -2.26. The van der Waals surface area contributed by atoms with Gasteiger partial charge in [-0.2, -0.15) is 0 Å². The first-order chi connectivity index (χ1) is 11.3. The Hall–Kier alpha value is -2.17. The fourth-order valence-electron chi connectivity index (χ4n) is 2.62. The topological polar surface area (TPSA) is 38.8 Å². The Labute approximate surface area is 136 Å². The molecule has 3 rings (SSSR count). The quantitative estimate of drug-likeness (QED) is 0.796. The van der Waals surface area contributed by atoms with Gasteiger partial charge in [0, 0.05) is 19.6 Å². The van der Waals surface area contributed by atoms with E-state index in [4.69, 9.17) is 9.47 Å². The number of carbonyl (C=O) groups is 1. The first kappa shape index (κ1) is 15.7. The van der Waals surface area contributed by atoms with Gasteiger partial charge < -0.3 is 9.47 Å². The third-order valence-corrected chi connectivity index (χ3v) is 3.89. The molecule has 0 bridgehead atoms. The van der Waals surface area contributed by atoms with E-state index in [1.807, 2.05) is 48.5 Å². The molecule has 2 aromatic carbocycles. The van der Waals surface area contributed by atoms with Gasteiger partial charge in [0.05, 0.1) is 18.8 Å². The Morgan fingerprint density at radius 1 is 1.00 bits per heavy atom. The lowest BCUT2D eigenvalue weighted by molar-refractivity contribution is 0.0341. The molecule has 1 aliphatic heterocycles. The fourth-order valence-corrected chi connectivity index (χ4v) is 2.62. The Kier molecular flexibility index (Phi) is 5.40. The van der Waals surface area contributed by atoms with Gasteiger partial charge in [0.1, 0.15) is 6.61 Å². The summed E-state index contributed by atoms with van der Waals surface area (Å²) in [4.78, 5) is 14.5. The molecule has 1 heterocycles. The van der Waals surface area contributed by atoms with Gasteiger partial charge in [-0.15, -0.1) is 0 Å². The molecule has 0 N–H and O–H groups in total. The van der Waals surface area contributed by atoms with E-state index in [0.717, 1.165) is 44.0 Å². The maximum absolute atomic E-state index is 12.2. The zero-order valence-electron chi connectivity index (χ0n) is 13.1. The van der Waals surface area contributed by atoms with Gasteiger partial charge in [0.25, 0.3) is 0 Å². The molecule has 4 heteroatoms. The maximum Gasteiger partial charge on any atom is 0.338 e. The lowest BCUT2D eigenvalue weighted by Crippen LogP contribution is -2.35. The molecule has 0 aliphatic carbocycles. The maximum atomic E-state index is 12.2. The van der Waals surface area contributed by atoms with Crippen molar-refractivity contribution in [1.82, 2.24) is 4.90 Å². The summed E-state index contributed by atoms with van der Waals surface area (Å²) in [5, 5.41) is 0. The summed E-state index contributed by atoms with van der Waals surface area (Å²) in [6.07, 6.45) is 0. The average Bonchev–Trinajstić information content (AvgIpc) is 2.62. The van der Waals surface area contributed by atoms with Crippen molar-refractivity contribution < 1.29 is 14.3 Å². The van der Waals surface area contributed by atoms with Crippen LogP contribution >= 0.6 is 0 Å². The van der Waals surface area contributed by atoms with Crippen LogP contribution in [0.2, 0.25) is 0 Å². The van der Waals surface area contributed by atoms with E-state index in [1.165, 1.54) is 0 Å². The molecule has 0 aromatic heterocycles. The number of hydrogen-bond donors (Lipinski definition) is 0. The predicted octanol–water partition coefficient (Wildman–Crippen LogP) is 2.88. The zero-order chi connectivity index (χ0) is 15.9. The fraction of sp³-hybridized carbons (Fsp3) is 0.316. The third-order valence-electron chi connectivity index (χ3n) is 3.89. The van der Waals surface area contributed by atoms with Crippen LogP contribution in [0.1, 0.15) is 21.5 Å². The molecule has 0 amide bonds. The summed E-state index contributed by atoms with van der Waals surface area (Å²) in [6, 6.07) is 17.4. The molecular weight excluding hydrogens is 290 g/mol. The summed E-state index contributed by atoms with van der Waals surface area (Å²) in [5.41, 5.74) is 2.72. The number of hydrogen-bond acceptors (Lipinski definition) is 4. The number of benzene rings is 2. The minimum absolute atomic E-state index is 0.280. The van der Waals surface area contributed by atoms with Gasteiger partial charge >= 0.3 is 5.97 Å². The largest absolute Gasteiger partial charge is 0.457 e. The molecule has 0 saturated carbocycles. The molecule has 1 saturated heterocycles. The van der Waals surface area contributed by atoms with Crippen LogP contribution in [0.3, 0.4) is 0 Å². The monoisotopic (exact) mass is 311 g/mol. The summed E-state index contributed by atoms with van der Waals surface area (Å²) in [5.74, 6) is -0.280. The number of nitrogens with zero attached hydrogens (tertiary/aromatic N) is 1. The van der Waals surface area contributed by atoms with E-state index in [2.05, 4.69) is 4.90 Å². The van der Waals surface area contributed by atoms with Crippen LogP contribution in [0.5, 0.6) is 0 Å². The lowest BCUT2D eigenvalue weighted by atomic mass is 10.1. The van der Waals surface area contributed by atoms with Crippen LogP contribution in [-0.4, -0.2) is 37.2 Å². The highest BCUT2D eigenvalue weighted by molar-refractivity contribution is 5.89. The van der Waals surface area contributed by atoms with Crippen LogP contribution in [0.4, 0.5) is 0 Å². The predicted molar refractivity (Wildman–Crippen MR) is 88.1 cm³/mol. The van der Waals surface area contributed by atoms with Crippen LogP contribution < -0.4 is 0 Å². The van der Waals surface area contributed by atoms with Crippen molar-refractivity contribution >= 4 is 5.97 Å². The first-order valence-electron chi connectivity index (χ1n) is 7.91. The van der Waals surface area contributed by atoms with Crippen LogP contribution in [-0.2, 0) is 22.6 Å². The first-order valence-corrected chi connectivity index (χ1v) is 7.91.